The molecule has 2 amide bonds. The summed E-state index contributed by atoms with van der Waals surface area (Å²) in [6.45, 7) is 0.514. The monoisotopic (exact) mass is 546 g/mol. The van der Waals surface area contributed by atoms with Gasteiger partial charge in [0.05, 0.1) is 0 Å². The lowest BCUT2D eigenvalue weighted by Crippen LogP contribution is -2.61. The molecule has 0 aromatic carbocycles. The zero-order valence-corrected chi connectivity index (χ0v) is 20.9. The van der Waals surface area contributed by atoms with Crippen LogP contribution in [0.25, 0.3) is 0 Å². The van der Waals surface area contributed by atoms with E-state index in [4.69, 9.17) is 21.7 Å². The highest BCUT2D eigenvalue weighted by atomic mass is 16.4. The Morgan fingerprint density at radius 2 is 1.00 bits per heavy atom. The number of carboxylic acid groups (broad SMARTS) is 4. The summed E-state index contributed by atoms with van der Waals surface area (Å²) in [6.07, 6.45) is 2.07. The van der Waals surface area contributed by atoms with Crippen molar-refractivity contribution in [2.45, 2.75) is 87.6 Å². The van der Waals surface area contributed by atoms with Crippen LogP contribution in [0, 0.1) is 0 Å². The van der Waals surface area contributed by atoms with Gasteiger partial charge in [0.1, 0.15) is 36.3 Å². The quantitative estimate of drug-likeness (QED) is 0.0681. The maximum Gasteiger partial charge on any atom is 0.320 e. The third-order valence-electron chi connectivity index (χ3n) is 6.10. The lowest BCUT2D eigenvalue weighted by Gasteiger charge is -2.29. The van der Waals surface area contributed by atoms with Crippen LogP contribution in [0.3, 0.4) is 0 Å². The first-order valence-electron chi connectivity index (χ1n) is 12.3. The van der Waals surface area contributed by atoms with Crippen molar-refractivity contribution >= 4 is 35.7 Å². The molecule has 1 aliphatic rings. The molecule has 1 saturated heterocycles. The average Bonchev–Trinajstić information content (AvgIpc) is 2.83. The van der Waals surface area contributed by atoms with Gasteiger partial charge in [-0.25, -0.2) is 0 Å². The molecule has 0 bridgehead atoms. The second-order valence-corrected chi connectivity index (χ2v) is 9.16. The molecule has 0 aliphatic carbocycles. The molecule has 4 unspecified atom stereocenters. The Bertz CT molecular complexity index is 788. The van der Waals surface area contributed by atoms with Crippen LogP contribution in [0.15, 0.2) is 0 Å². The molecule has 12 N–H and O–H groups in total. The molecular formula is C22H38N6O10. The van der Waals surface area contributed by atoms with Gasteiger partial charge in [0.2, 0.25) is 11.8 Å². The second-order valence-electron chi connectivity index (χ2n) is 9.16. The first kappa shape index (κ1) is 32.7. The van der Waals surface area contributed by atoms with Crippen molar-refractivity contribution in [1.82, 2.24) is 21.3 Å². The summed E-state index contributed by atoms with van der Waals surface area (Å²) in [6, 6.07) is -6.31. The molecular weight excluding hydrogens is 508 g/mol. The summed E-state index contributed by atoms with van der Waals surface area (Å²) in [7, 11) is 0. The van der Waals surface area contributed by atoms with Crippen LogP contribution in [-0.4, -0.2) is 105 Å². The van der Waals surface area contributed by atoms with Gasteiger partial charge >= 0.3 is 23.9 Å². The minimum absolute atomic E-state index is 0.257. The van der Waals surface area contributed by atoms with Gasteiger partial charge in [-0.1, -0.05) is 0 Å². The Morgan fingerprint density at radius 1 is 0.658 bits per heavy atom. The first-order chi connectivity index (χ1) is 17.8. The highest BCUT2D eigenvalue weighted by Gasteiger charge is 2.33. The summed E-state index contributed by atoms with van der Waals surface area (Å²) in [5, 5.41) is 46.8. The van der Waals surface area contributed by atoms with Crippen LogP contribution in [0.2, 0.25) is 0 Å². The lowest BCUT2D eigenvalue weighted by molar-refractivity contribution is -0.143. The largest absolute Gasteiger partial charge is 0.480 e. The standard InChI is InChI=1S/C22H38N6O10/c23-11(19(31)32)9-15(21(35)36)25-7-3-1-5-13-17(29)28-14(18(30)27-13)6-2-4-8-26-16(22(37)38)10-12(24)20(33)34/h11-16,25-26H,1-10,23-24H2,(H,27,30)(H,28,29)(H,31,32)(H,33,34)(H,35,36)(H,37,38)/t11-,12-,13?,14?,15?,16?/m0/s1. The van der Waals surface area contributed by atoms with E-state index in [1.807, 2.05) is 0 Å². The van der Waals surface area contributed by atoms with Gasteiger partial charge in [-0.2, -0.15) is 0 Å². The number of rotatable bonds is 20. The van der Waals surface area contributed by atoms with Crippen LogP contribution < -0.4 is 32.7 Å². The molecule has 1 aliphatic heterocycles. The van der Waals surface area contributed by atoms with Gasteiger partial charge in [-0.05, 0) is 64.5 Å². The molecule has 0 saturated carbocycles. The summed E-state index contributed by atoms with van der Waals surface area (Å²) in [5.41, 5.74) is 10.8. The molecule has 0 aromatic rings. The number of hydrogen-bond donors (Lipinski definition) is 10. The Labute approximate surface area is 218 Å². The molecule has 1 rings (SSSR count). The maximum atomic E-state index is 12.4. The summed E-state index contributed by atoms with van der Waals surface area (Å²) in [5.74, 6) is -5.71. The van der Waals surface area contributed by atoms with Crippen LogP contribution in [-0.2, 0) is 28.8 Å². The number of aliphatic carboxylic acids is 4. The van der Waals surface area contributed by atoms with E-state index >= 15 is 0 Å². The number of unbranched alkanes of at least 4 members (excludes halogenated alkanes) is 2. The zero-order chi connectivity index (χ0) is 28.8. The van der Waals surface area contributed by atoms with E-state index in [1.54, 1.807) is 0 Å². The number of carbonyl (C=O) groups is 6. The van der Waals surface area contributed by atoms with Crippen molar-refractivity contribution in [3.05, 3.63) is 0 Å². The molecule has 38 heavy (non-hydrogen) atoms. The lowest BCUT2D eigenvalue weighted by atomic mass is 10.0. The third-order valence-corrected chi connectivity index (χ3v) is 6.10. The molecule has 6 atom stereocenters. The Balaban J connectivity index is 2.31. The minimum Gasteiger partial charge on any atom is -0.480 e. The van der Waals surface area contributed by atoms with Gasteiger partial charge in [0, 0.05) is 0 Å². The molecule has 1 fully saturated rings. The number of amides is 2. The molecule has 0 aromatic heterocycles. The van der Waals surface area contributed by atoms with E-state index in [0.29, 0.717) is 38.5 Å². The molecule has 0 radical (unpaired) electrons. The second kappa shape index (κ2) is 16.5. The van der Waals surface area contributed by atoms with Gasteiger partial charge in [0.15, 0.2) is 0 Å². The van der Waals surface area contributed by atoms with Crippen LogP contribution in [0.5, 0.6) is 0 Å². The predicted molar refractivity (Wildman–Crippen MR) is 131 cm³/mol. The summed E-state index contributed by atoms with van der Waals surface area (Å²) >= 11 is 0. The summed E-state index contributed by atoms with van der Waals surface area (Å²) in [4.78, 5) is 68.9. The fourth-order valence-electron chi connectivity index (χ4n) is 3.83. The number of carboxylic acids is 4. The van der Waals surface area contributed by atoms with Crippen molar-refractivity contribution in [3.63, 3.8) is 0 Å². The Hall–Kier alpha value is -3.34. The number of nitrogens with one attached hydrogen (secondary N) is 4. The van der Waals surface area contributed by atoms with Gasteiger partial charge in [0.25, 0.3) is 0 Å². The molecule has 16 nitrogen and oxygen atoms in total. The van der Waals surface area contributed by atoms with Gasteiger partial charge in [-0.15, -0.1) is 0 Å². The zero-order valence-electron chi connectivity index (χ0n) is 20.9. The number of hydrogen-bond acceptors (Lipinski definition) is 10. The maximum absolute atomic E-state index is 12.4. The highest BCUT2D eigenvalue weighted by molar-refractivity contribution is 5.96. The molecule has 16 heteroatoms. The van der Waals surface area contributed by atoms with Crippen LogP contribution in [0.1, 0.15) is 51.4 Å². The fourth-order valence-corrected chi connectivity index (χ4v) is 3.83. The predicted octanol–water partition coefficient (Wildman–Crippen LogP) is -3.00. The third kappa shape index (κ3) is 11.8. The number of nitrogens with two attached hydrogens (primary N) is 2. The van der Waals surface area contributed by atoms with Crippen molar-refractivity contribution in [1.29, 1.82) is 0 Å². The summed E-state index contributed by atoms with van der Waals surface area (Å²) < 4.78 is 0. The van der Waals surface area contributed by atoms with E-state index in [2.05, 4.69) is 21.3 Å². The number of carbonyl (C=O) groups excluding carboxylic acids is 2. The normalized spacial score (nSPS) is 20.5. The number of piperazine rings is 1. The van der Waals surface area contributed by atoms with Gasteiger partial charge < -0.3 is 53.2 Å². The Kier molecular flexibility index (Phi) is 14.2. The Morgan fingerprint density at radius 3 is 1.29 bits per heavy atom. The molecule has 1 heterocycles. The van der Waals surface area contributed by atoms with E-state index < -0.39 is 60.1 Å². The smallest absolute Gasteiger partial charge is 0.320 e. The van der Waals surface area contributed by atoms with Crippen LogP contribution >= 0.6 is 0 Å². The van der Waals surface area contributed by atoms with E-state index in [1.165, 1.54) is 0 Å². The topological polar surface area (TPSA) is 284 Å². The van der Waals surface area contributed by atoms with Gasteiger partial charge in [-0.3, -0.25) is 28.8 Å². The van der Waals surface area contributed by atoms with Crippen LogP contribution in [0.4, 0.5) is 0 Å². The molecule has 216 valence electrons. The average molecular weight is 547 g/mol. The SMILES string of the molecule is N[C@@H](CC(NCCCCC1NC(=O)C(CCCCNC(C[C@H](N)C(=O)O)C(=O)O)NC1=O)C(=O)O)C(=O)O. The highest BCUT2D eigenvalue weighted by Crippen LogP contribution is 2.10. The van der Waals surface area contributed by atoms with E-state index in [0.717, 1.165) is 0 Å². The van der Waals surface area contributed by atoms with Crippen molar-refractivity contribution in [2.24, 2.45) is 11.5 Å². The van der Waals surface area contributed by atoms with Crippen molar-refractivity contribution < 1.29 is 49.2 Å². The molecule has 0 spiro atoms. The fraction of sp³-hybridized carbons (Fsp3) is 0.727. The minimum atomic E-state index is -1.31. The van der Waals surface area contributed by atoms with E-state index in [-0.39, 0.29) is 37.7 Å². The first-order valence-corrected chi connectivity index (χ1v) is 12.3. The van der Waals surface area contributed by atoms with Crippen molar-refractivity contribution in [3.8, 4) is 0 Å². The van der Waals surface area contributed by atoms with Crippen molar-refractivity contribution in [2.75, 3.05) is 13.1 Å². The van der Waals surface area contributed by atoms with E-state index in [9.17, 15) is 39.0 Å².